The van der Waals surface area contributed by atoms with Crippen molar-refractivity contribution in [2.75, 3.05) is 25.1 Å². The maximum absolute atomic E-state index is 11.0. The summed E-state index contributed by atoms with van der Waals surface area (Å²) in [6.45, 7) is 1.75. The van der Waals surface area contributed by atoms with Crippen molar-refractivity contribution >= 4 is 27.0 Å². The van der Waals surface area contributed by atoms with Gasteiger partial charge < -0.3 is 5.73 Å². The minimum Gasteiger partial charge on any atom is -0.392 e. The molecule has 1 unspecified atom stereocenters. The Bertz CT molecular complexity index is 327. The zero-order chi connectivity index (χ0) is 11.5. The molecule has 1 atom stereocenters. The molecule has 6 heteroatoms. The van der Waals surface area contributed by atoms with Gasteiger partial charge in [-0.25, -0.2) is 8.42 Å². The van der Waals surface area contributed by atoms with Crippen LogP contribution in [0.25, 0.3) is 0 Å². The summed E-state index contributed by atoms with van der Waals surface area (Å²) in [5.74, 6) is 0.244. The molecule has 0 bridgehead atoms. The number of sulfone groups is 1. The van der Waals surface area contributed by atoms with Crippen LogP contribution in [0.15, 0.2) is 0 Å². The van der Waals surface area contributed by atoms with Gasteiger partial charge in [-0.1, -0.05) is 12.2 Å². The third-order valence-corrected chi connectivity index (χ3v) is 3.95. The Morgan fingerprint density at radius 1 is 1.60 bits per heavy atom. The maximum Gasteiger partial charge on any atom is 0.147 e. The highest BCUT2D eigenvalue weighted by molar-refractivity contribution is 7.90. The van der Waals surface area contributed by atoms with Gasteiger partial charge in [0.15, 0.2) is 0 Å². The van der Waals surface area contributed by atoms with Gasteiger partial charge >= 0.3 is 0 Å². The Labute approximate surface area is 96.7 Å². The van der Waals surface area contributed by atoms with Gasteiger partial charge in [-0.05, 0) is 32.4 Å². The van der Waals surface area contributed by atoms with Crippen molar-refractivity contribution in [3.8, 4) is 0 Å². The van der Waals surface area contributed by atoms with Gasteiger partial charge in [-0.3, -0.25) is 4.90 Å². The first-order valence-corrected chi connectivity index (χ1v) is 7.58. The van der Waals surface area contributed by atoms with Crippen molar-refractivity contribution in [3.63, 3.8) is 0 Å². The van der Waals surface area contributed by atoms with E-state index in [0.29, 0.717) is 11.4 Å². The number of nitrogens with zero attached hydrogens (tertiary/aromatic N) is 1. The molecule has 88 valence electrons. The summed E-state index contributed by atoms with van der Waals surface area (Å²) in [6, 6.07) is 0.180. The third kappa shape index (κ3) is 4.44. The van der Waals surface area contributed by atoms with Crippen molar-refractivity contribution in [1.82, 2.24) is 4.90 Å². The van der Waals surface area contributed by atoms with E-state index < -0.39 is 9.84 Å². The van der Waals surface area contributed by atoms with Gasteiger partial charge in [-0.2, -0.15) is 0 Å². The third-order valence-electron chi connectivity index (χ3n) is 2.65. The van der Waals surface area contributed by atoms with Crippen LogP contribution >= 0.6 is 12.2 Å². The lowest BCUT2D eigenvalue weighted by Crippen LogP contribution is -2.40. The molecule has 2 N–H and O–H groups in total. The molecular formula is C9H18N2O2S2. The number of thiocarbonyl (C=S) groups is 1. The highest BCUT2D eigenvalue weighted by Gasteiger charge is 2.26. The van der Waals surface area contributed by atoms with Crippen LogP contribution < -0.4 is 5.73 Å². The van der Waals surface area contributed by atoms with E-state index in [1.165, 1.54) is 6.26 Å². The minimum absolute atomic E-state index is 0.180. The lowest BCUT2D eigenvalue weighted by Gasteiger charge is -2.22. The summed E-state index contributed by atoms with van der Waals surface area (Å²) in [7, 11) is -2.84. The average molecular weight is 250 g/mol. The smallest absolute Gasteiger partial charge is 0.147 e. The fourth-order valence-corrected chi connectivity index (χ4v) is 2.87. The Morgan fingerprint density at radius 2 is 2.27 bits per heavy atom. The number of rotatable bonds is 5. The molecule has 1 rings (SSSR count). The lowest BCUT2D eigenvalue weighted by atomic mass is 10.2. The van der Waals surface area contributed by atoms with E-state index in [9.17, 15) is 8.42 Å². The van der Waals surface area contributed by atoms with Gasteiger partial charge in [0.05, 0.1) is 16.8 Å². The molecule has 0 spiro atoms. The molecule has 0 aromatic carbocycles. The molecule has 0 aliphatic carbocycles. The Morgan fingerprint density at radius 3 is 2.80 bits per heavy atom. The first-order chi connectivity index (χ1) is 6.90. The molecule has 1 aliphatic heterocycles. The van der Waals surface area contributed by atoms with Crippen LogP contribution in [0.2, 0.25) is 0 Å². The molecule has 0 amide bonds. The lowest BCUT2D eigenvalue weighted by molar-refractivity contribution is 0.304. The van der Waals surface area contributed by atoms with Crippen LogP contribution in [0.1, 0.15) is 19.3 Å². The number of likely N-dealkylation sites (tertiary alicyclic amines) is 1. The molecule has 1 saturated heterocycles. The van der Waals surface area contributed by atoms with E-state index >= 15 is 0 Å². The second-order valence-corrected chi connectivity index (χ2v) is 6.81. The van der Waals surface area contributed by atoms with Crippen LogP contribution in [0.5, 0.6) is 0 Å². The highest BCUT2D eigenvalue weighted by Crippen LogP contribution is 2.17. The van der Waals surface area contributed by atoms with Gasteiger partial charge in [0.25, 0.3) is 0 Å². The van der Waals surface area contributed by atoms with Gasteiger partial charge in [0.1, 0.15) is 9.84 Å². The van der Waals surface area contributed by atoms with E-state index in [-0.39, 0.29) is 11.8 Å². The Balaban J connectivity index is 2.35. The average Bonchev–Trinajstić information content (AvgIpc) is 2.49. The fourth-order valence-electron chi connectivity index (χ4n) is 1.95. The molecule has 0 aromatic rings. The summed E-state index contributed by atoms with van der Waals surface area (Å²) in [6.07, 6.45) is 4.04. The first-order valence-electron chi connectivity index (χ1n) is 5.11. The monoisotopic (exact) mass is 250 g/mol. The van der Waals surface area contributed by atoms with Crippen molar-refractivity contribution in [2.24, 2.45) is 5.73 Å². The molecule has 0 radical (unpaired) electrons. The SMILES string of the molecule is CS(=O)(=O)CCCN1CCCC1C(N)=S. The second-order valence-electron chi connectivity index (χ2n) is 4.08. The van der Waals surface area contributed by atoms with Crippen LogP contribution in [-0.4, -0.2) is 49.4 Å². The molecule has 0 aromatic heterocycles. The zero-order valence-corrected chi connectivity index (χ0v) is 10.6. The minimum atomic E-state index is -2.84. The number of hydrogen-bond acceptors (Lipinski definition) is 4. The molecule has 1 fully saturated rings. The second kappa shape index (κ2) is 5.23. The normalized spacial score (nSPS) is 23.1. The molecule has 1 aliphatic rings. The molecule has 0 saturated carbocycles. The maximum atomic E-state index is 11.0. The predicted molar refractivity (Wildman–Crippen MR) is 65.7 cm³/mol. The van der Waals surface area contributed by atoms with Crippen LogP contribution in [0.4, 0.5) is 0 Å². The summed E-state index contributed by atoms with van der Waals surface area (Å²) < 4.78 is 21.9. The Kier molecular flexibility index (Phi) is 4.48. The van der Waals surface area contributed by atoms with Crippen molar-refractivity contribution in [2.45, 2.75) is 25.3 Å². The standard InChI is InChI=1S/C9H18N2O2S2/c1-15(12,13)7-3-6-11-5-2-4-8(11)9(10)14/h8H,2-7H2,1H3,(H2,10,14). The highest BCUT2D eigenvalue weighted by atomic mass is 32.2. The fraction of sp³-hybridized carbons (Fsp3) is 0.889. The van der Waals surface area contributed by atoms with E-state index in [1.807, 2.05) is 0 Å². The molecule has 15 heavy (non-hydrogen) atoms. The molecular weight excluding hydrogens is 232 g/mol. The van der Waals surface area contributed by atoms with E-state index in [0.717, 1.165) is 25.9 Å². The van der Waals surface area contributed by atoms with Gasteiger partial charge in [0, 0.05) is 6.26 Å². The van der Waals surface area contributed by atoms with Crippen LogP contribution in [0, 0.1) is 0 Å². The molecule has 1 heterocycles. The summed E-state index contributed by atoms with van der Waals surface area (Å²) >= 11 is 4.97. The van der Waals surface area contributed by atoms with Crippen molar-refractivity contribution in [1.29, 1.82) is 0 Å². The molecule has 4 nitrogen and oxygen atoms in total. The quantitative estimate of drug-likeness (QED) is 0.705. The summed E-state index contributed by atoms with van der Waals surface area (Å²) in [5.41, 5.74) is 5.62. The zero-order valence-electron chi connectivity index (χ0n) is 8.98. The van der Waals surface area contributed by atoms with Crippen molar-refractivity contribution in [3.05, 3.63) is 0 Å². The first kappa shape index (κ1) is 12.9. The van der Waals surface area contributed by atoms with Crippen LogP contribution in [0.3, 0.4) is 0 Å². The topological polar surface area (TPSA) is 63.4 Å². The van der Waals surface area contributed by atoms with E-state index in [2.05, 4.69) is 4.90 Å². The van der Waals surface area contributed by atoms with Gasteiger partial charge in [-0.15, -0.1) is 0 Å². The van der Waals surface area contributed by atoms with Crippen LogP contribution in [-0.2, 0) is 9.84 Å². The van der Waals surface area contributed by atoms with E-state index in [1.54, 1.807) is 0 Å². The van der Waals surface area contributed by atoms with E-state index in [4.69, 9.17) is 18.0 Å². The Hall–Kier alpha value is -0.200. The number of nitrogens with two attached hydrogens (primary N) is 1. The number of hydrogen-bond donors (Lipinski definition) is 1. The predicted octanol–water partition coefficient (Wildman–Crippen LogP) is 0.172. The largest absolute Gasteiger partial charge is 0.392 e. The summed E-state index contributed by atoms with van der Waals surface area (Å²) in [5, 5.41) is 0. The van der Waals surface area contributed by atoms with Gasteiger partial charge in [0.2, 0.25) is 0 Å². The summed E-state index contributed by atoms with van der Waals surface area (Å²) in [4.78, 5) is 2.72. The van der Waals surface area contributed by atoms with Crippen molar-refractivity contribution < 1.29 is 8.42 Å².